The highest BCUT2D eigenvalue weighted by Crippen LogP contribution is 2.41. The van der Waals surface area contributed by atoms with Crippen LogP contribution < -0.4 is 5.32 Å². The van der Waals surface area contributed by atoms with Gasteiger partial charge in [-0.05, 0) is 27.8 Å². The highest BCUT2D eigenvalue weighted by atomic mass is 16.7. The normalized spacial score (nSPS) is 21.0. The van der Waals surface area contributed by atoms with Crippen LogP contribution in [-0.2, 0) is 42.6 Å². The quantitative estimate of drug-likeness (QED) is 0.145. The summed E-state index contributed by atoms with van der Waals surface area (Å²) in [6.45, 7) is 1.95. The van der Waals surface area contributed by atoms with Crippen LogP contribution in [-0.4, -0.2) is 48.3 Å². The number of hydrogen-bond donors (Lipinski definition) is 2. The summed E-state index contributed by atoms with van der Waals surface area (Å²) in [5, 5.41) is 14.3. The van der Waals surface area contributed by atoms with E-state index in [0.29, 0.717) is 0 Å². The summed E-state index contributed by atoms with van der Waals surface area (Å²) in [6.07, 6.45) is -3.65. The maximum Gasteiger partial charge on any atom is 0.217 e. The Morgan fingerprint density at radius 1 is 0.646 bits per heavy atom. The second kappa shape index (κ2) is 16.0. The van der Waals surface area contributed by atoms with Gasteiger partial charge in [0.2, 0.25) is 5.91 Å². The molecule has 5 atom stereocenters. The molecule has 0 bridgehead atoms. The van der Waals surface area contributed by atoms with Crippen LogP contribution >= 0.6 is 0 Å². The fourth-order valence-electron chi connectivity index (χ4n) is 6.35. The smallest absolute Gasteiger partial charge is 0.217 e. The monoisotopic (exact) mass is 643 g/mol. The van der Waals surface area contributed by atoms with Gasteiger partial charge in [0, 0.05) is 6.92 Å². The lowest BCUT2D eigenvalue weighted by molar-refractivity contribution is -0.280. The number of aliphatic hydroxyl groups excluding tert-OH is 1. The summed E-state index contributed by atoms with van der Waals surface area (Å²) in [5.74, 6) is -0.316. The summed E-state index contributed by atoms with van der Waals surface area (Å²) < 4.78 is 26.6. The molecule has 0 radical (unpaired) electrons. The van der Waals surface area contributed by atoms with Gasteiger partial charge in [-0.25, -0.2) is 0 Å². The molecule has 2 N–H and O–H groups in total. The second-order valence-electron chi connectivity index (χ2n) is 11.9. The van der Waals surface area contributed by atoms with Gasteiger partial charge < -0.3 is 29.4 Å². The molecule has 6 rings (SSSR count). The third-order valence-electron chi connectivity index (χ3n) is 8.61. The number of carbonyl (C=O) groups excluding carboxylic acids is 1. The van der Waals surface area contributed by atoms with Gasteiger partial charge in [0.25, 0.3) is 0 Å². The minimum atomic E-state index is -1.38. The number of hydrogen-bond acceptors (Lipinski definition) is 6. The van der Waals surface area contributed by atoms with Gasteiger partial charge in [-0.1, -0.05) is 152 Å². The van der Waals surface area contributed by atoms with Gasteiger partial charge in [0.15, 0.2) is 6.29 Å². The lowest BCUT2D eigenvalue weighted by Crippen LogP contribution is -2.65. The molecule has 5 aromatic carbocycles. The average Bonchev–Trinajstić information content (AvgIpc) is 3.14. The first kappa shape index (κ1) is 33.3. The minimum Gasteiger partial charge on any atom is -0.368 e. The molecule has 1 heterocycles. The van der Waals surface area contributed by atoms with E-state index in [2.05, 4.69) is 41.7 Å². The zero-order chi connectivity index (χ0) is 33.2. The van der Waals surface area contributed by atoms with Gasteiger partial charge in [-0.15, -0.1) is 0 Å². The topological polar surface area (TPSA) is 86.3 Å². The molecule has 48 heavy (non-hydrogen) atoms. The highest BCUT2D eigenvalue weighted by Gasteiger charge is 2.49. The van der Waals surface area contributed by atoms with Gasteiger partial charge in [0.1, 0.15) is 30.0 Å². The van der Waals surface area contributed by atoms with Crippen molar-refractivity contribution in [2.75, 3.05) is 6.61 Å². The van der Waals surface area contributed by atoms with E-state index in [0.717, 1.165) is 27.8 Å². The van der Waals surface area contributed by atoms with Gasteiger partial charge in [0.05, 0.1) is 19.8 Å². The van der Waals surface area contributed by atoms with Crippen molar-refractivity contribution in [3.05, 3.63) is 179 Å². The van der Waals surface area contributed by atoms with E-state index in [9.17, 15) is 9.90 Å². The molecule has 1 saturated heterocycles. The molecule has 1 aliphatic heterocycles. The third kappa shape index (κ3) is 7.73. The van der Waals surface area contributed by atoms with Crippen LogP contribution in [0.1, 0.15) is 34.7 Å². The first-order valence-electron chi connectivity index (χ1n) is 16.3. The molecule has 0 spiro atoms. The Kier molecular flexibility index (Phi) is 11.1. The third-order valence-corrected chi connectivity index (χ3v) is 8.61. The molecular weight excluding hydrogens is 602 g/mol. The zero-order valence-electron chi connectivity index (χ0n) is 26.9. The largest absolute Gasteiger partial charge is 0.368 e. The van der Waals surface area contributed by atoms with Crippen molar-refractivity contribution in [1.29, 1.82) is 0 Å². The van der Waals surface area contributed by atoms with E-state index >= 15 is 0 Å². The van der Waals surface area contributed by atoms with Crippen molar-refractivity contribution in [3.8, 4) is 0 Å². The number of nitrogens with one attached hydrogen (secondary N) is 1. The minimum absolute atomic E-state index is 0.0349. The zero-order valence-corrected chi connectivity index (χ0v) is 26.9. The van der Waals surface area contributed by atoms with Crippen molar-refractivity contribution < 1.29 is 28.8 Å². The Balaban J connectivity index is 1.39. The predicted molar refractivity (Wildman–Crippen MR) is 184 cm³/mol. The summed E-state index contributed by atoms with van der Waals surface area (Å²) in [4.78, 5) is 12.4. The first-order valence-corrected chi connectivity index (χ1v) is 16.3. The van der Waals surface area contributed by atoms with E-state index in [-0.39, 0.29) is 25.7 Å². The molecule has 1 fully saturated rings. The van der Waals surface area contributed by atoms with Crippen molar-refractivity contribution in [2.45, 2.75) is 56.4 Å². The Labute approximate surface area is 282 Å². The number of aliphatic hydroxyl groups is 1. The maximum absolute atomic E-state index is 12.4. The van der Waals surface area contributed by atoms with E-state index in [4.69, 9.17) is 18.9 Å². The molecule has 7 nitrogen and oxygen atoms in total. The van der Waals surface area contributed by atoms with Crippen LogP contribution in [0.15, 0.2) is 152 Å². The van der Waals surface area contributed by atoms with Crippen LogP contribution in [0.2, 0.25) is 0 Å². The molecule has 0 aromatic heterocycles. The van der Waals surface area contributed by atoms with Gasteiger partial charge >= 0.3 is 0 Å². The Hall–Kier alpha value is -4.63. The number of benzene rings is 5. The number of ether oxygens (including phenoxy) is 4. The van der Waals surface area contributed by atoms with Gasteiger partial charge in [-0.3, -0.25) is 4.79 Å². The Morgan fingerprint density at radius 3 is 1.46 bits per heavy atom. The number of rotatable bonds is 13. The first-order chi connectivity index (χ1) is 23.5. The summed E-state index contributed by atoms with van der Waals surface area (Å²) in [6, 6.07) is 49.0. The Morgan fingerprint density at radius 2 is 1.04 bits per heavy atom. The van der Waals surface area contributed by atoms with Crippen LogP contribution in [0.3, 0.4) is 0 Å². The summed E-state index contributed by atoms with van der Waals surface area (Å²) in [7, 11) is 0. The predicted octanol–water partition coefficient (Wildman–Crippen LogP) is 6.39. The maximum atomic E-state index is 12.4. The van der Waals surface area contributed by atoms with E-state index in [1.807, 2.05) is 115 Å². The molecular formula is C41H41NO6. The Bertz CT molecular complexity index is 1590. The SMILES string of the molecule is CC(=O)N[C@H]1C(O)O[C@H](COC(c2ccccc2)(c2ccccc2)c2ccccc2)[C@@H](OCc2ccccc2)[C@@H]1OCc1ccccc1. The molecule has 246 valence electrons. The molecule has 1 aliphatic rings. The molecule has 0 aliphatic carbocycles. The van der Waals surface area contributed by atoms with Crippen LogP contribution in [0.4, 0.5) is 0 Å². The molecule has 1 amide bonds. The lowest BCUT2D eigenvalue weighted by Gasteiger charge is -2.46. The van der Waals surface area contributed by atoms with Crippen molar-refractivity contribution in [2.24, 2.45) is 0 Å². The van der Waals surface area contributed by atoms with E-state index in [1.54, 1.807) is 0 Å². The lowest BCUT2D eigenvalue weighted by atomic mass is 9.80. The number of amides is 1. The molecule has 5 aromatic rings. The molecule has 0 saturated carbocycles. The summed E-state index contributed by atoms with van der Waals surface area (Å²) >= 11 is 0. The molecule has 1 unspecified atom stereocenters. The number of carbonyl (C=O) groups is 1. The second-order valence-corrected chi connectivity index (χ2v) is 11.9. The highest BCUT2D eigenvalue weighted by molar-refractivity contribution is 5.73. The van der Waals surface area contributed by atoms with Crippen molar-refractivity contribution >= 4 is 5.91 Å². The van der Waals surface area contributed by atoms with E-state index < -0.39 is 36.2 Å². The fourth-order valence-corrected chi connectivity index (χ4v) is 6.35. The van der Waals surface area contributed by atoms with Crippen LogP contribution in [0.25, 0.3) is 0 Å². The van der Waals surface area contributed by atoms with Crippen LogP contribution in [0, 0.1) is 0 Å². The fraction of sp³-hybridized carbons (Fsp3) is 0.244. The standard InChI is InChI=1S/C41H41NO6/c1-30(43)42-37-39(46-28-32-19-9-3-10-20-32)38(45-27-31-17-7-2-8-18-31)36(48-40(37)44)29-47-41(33-21-11-4-12-22-33,34-23-13-5-14-24-34)35-25-15-6-16-26-35/h2-26,36-40,44H,27-29H2,1H3,(H,42,43)/t36-,37-,38-,39-,40?/m1/s1. The summed E-state index contributed by atoms with van der Waals surface area (Å²) in [5.41, 5.74) is 3.71. The molecule has 7 heteroatoms. The van der Waals surface area contributed by atoms with Gasteiger partial charge in [-0.2, -0.15) is 0 Å². The average molecular weight is 644 g/mol. The van der Waals surface area contributed by atoms with Crippen LogP contribution in [0.5, 0.6) is 0 Å². The van der Waals surface area contributed by atoms with Crippen molar-refractivity contribution in [1.82, 2.24) is 5.32 Å². The van der Waals surface area contributed by atoms with Crippen molar-refractivity contribution in [3.63, 3.8) is 0 Å². The van der Waals surface area contributed by atoms with E-state index in [1.165, 1.54) is 6.92 Å².